The molecule has 0 spiro atoms. The van der Waals surface area contributed by atoms with E-state index in [1.807, 2.05) is 24.3 Å². The number of hydrogen-bond donors (Lipinski definition) is 2. The first kappa shape index (κ1) is 18.4. The molecule has 0 radical (unpaired) electrons. The molecular formula is C19H20N4O4. The first-order chi connectivity index (χ1) is 13.1. The van der Waals surface area contributed by atoms with Gasteiger partial charge >= 0.3 is 0 Å². The lowest BCUT2D eigenvalue weighted by molar-refractivity contribution is -0.384. The molecule has 0 fully saturated rings. The van der Waals surface area contributed by atoms with E-state index in [0.29, 0.717) is 24.1 Å². The molecule has 2 N–H and O–H groups in total. The lowest BCUT2D eigenvalue weighted by Crippen LogP contribution is -2.23. The summed E-state index contributed by atoms with van der Waals surface area (Å²) in [5, 5.41) is 20.9. The Morgan fingerprint density at radius 3 is 2.93 bits per heavy atom. The van der Waals surface area contributed by atoms with Crippen LogP contribution in [0.3, 0.4) is 0 Å². The van der Waals surface area contributed by atoms with Crippen molar-refractivity contribution in [3.63, 3.8) is 0 Å². The van der Waals surface area contributed by atoms with Crippen molar-refractivity contribution < 1.29 is 14.5 Å². The minimum atomic E-state index is -0.502. The van der Waals surface area contributed by atoms with E-state index in [4.69, 9.17) is 4.74 Å². The molecule has 2 aromatic carbocycles. The fourth-order valence-corrected chi connectivity index (χ4v) is 2.63. The van der Waals surface area contributed by atoms with Crippen LogP contribution in [0.25, 0.3) is 10.9 Å². The van der Waals surface area contributed by atoms with E-state index >= 15 is 0 Å². The summed E-state index contributed by atoms with van der Waals surface area (Å²) in [4.78, 5) is 22.9. The maximum absolute atomic E-state index is 12.5. The Balaban J connectivity index is 1.69. The van der Waals surface area contributed by atoms with Crippen molar-refractivity contribution in [1.29, 1.82) is 0 Å². The van der Waals surface area contributed by atoms with Gasteiger partial charge in [0.25, 0.3) is 11.6 Å². The lowest BCUT2D eigenvalue weighted by Gasteiger charge is -2.08. The lowest BCUT2D eigenvalue weighted by atomic mass is 10.1. The van der Waals surface area contributed by atoms with Crippen LogP contribution in [0.5, 0.6) is 5.75 Å². The Hall–Kier alpha value is -3.42. The van der Waals surface area contributed by atoms with Gasteiger partial charge in [-0.3, -0.25) is 20.0 Å². The summed E-state index contributed by atoms with van der Waals surface area (Å²) in [6.07, 6.45) is 2.05. The molecule has 0 saturated heterocycles. The number of H-pyrrole nitrogens is 1. The highest BCUT2D eigenvalue weighted by molar-refractivity contribution is 6.05. The van der Waals surface area contributed by atoms with E-state index in [0.717, 1.165) is 24.2 Å². The number of nitro groups is 1. The summed E-state index contributed by atoms with van der Waals surface area (Å²) >= 11 is 0. The Morgan fingerprint density at radius 2 is 2.15 bits per heavy atom. The van der Waals surface area contributed by atoms with Gasteiger partial charge in [-0.2, -0.15) is 5.10 Å². The van der Waals surface area contributed by atoms with Crippen LogP contribution in [0.2, 0.25) is 0 Å². The van der Waals surface area contributed by atoms with Gasteiger partial charge in [-0.15, -0.1) is 0 Å². The minimum Gasteiger partial charge on any atom is -0.494 e. The van der Waals surface area contributed by atoms with Crippen molar-refractivity contribution in [1.82, 2.24) is 15.5 Å². The van der Waals surface area contributed by atoms with Gasteiger partial charge in [0.05, 0.1) is 17.0 Å². The number of carbonyl (C=O) groups is 1. The molecular weight excluding hydrogens is 348 g/mol. The van der Waals surface area contributed by atoms with Crippen molar-refractivity contribution in [2.45, 2.75) is 26.3 Å². The average molecular weight is 368 g/mol. The predicted molar refractivity (Wildman–Crippen MR) is 101 cm³/mol. The highest BCUT2D eigenvalue weighted by Crippen LogP contribution is 2.22. The number of hydrogen-bond acceptors (Lipinski definition) is 5. The summed E-state index contributed by atoms with van der Waals surface area (Å²) in [6.45, 7) is 3.06. The number of nitrogens with one attached hydrogen (secondary N) is 2. The molecule has 0 aliphatic rings. The molecule has 0 saturated carbocycles. The second-order valence-electron chi connectivity index (χ2n) is 6.09. The highest BCUT2D eigenvalue weighted by Gasteiger charge is 2.17. The molecule has 8 heteroatoms. The van der Waals surface area contributed by atoms with Gasteiger partial charge in [-0.25, -0.2) is 0 Å². The zero-order valence-corrected chi connectivity index (χ0v) is 14.9. The molecule has 0 unspecified atom stereocenters. The number of aromatic nitrogens is 2. The maximum Gasteiger partial charge on any atom is 0.272 e. The number of benzene rings is 2. The number of ether oxygens (including phenoxy) is 1. The van der Waals surface area contributed by atoms with Crippen LogP contribution >= 0.6 is 0 Å². The molecule has 1 amide bonds. The summed E-state index contributed by atoms with van der Waals surface area (Å²) < 4.78 is 5.67. The largest absolute Gasteiger partial charge is 0.494 e. The Labute approximate surface area is 155 Å². The van der Waals surface area contributed by atoms with Gasteiger partial charge in [0.1, 0.15) is 5.75 Å². The van der Waals surface area contributed by atoms with Crippen LogP contribution in [0, 0.1) is 10.1 Å². The molecule has 0 aliphatic carbocycles. The topological polar surface area (TPSA) is 110 Å². The third kappa shape index (κ3) is 4.41. The maximum atomic E-state index is 12.5. The monoisotopic (exact) mass is 368 g/mol. The molecule has 1 heterocycles. The van der Waals surface area contributed by atoms with E-state index in [1.165, 1.54) is 18.2 Å². The Morgan fingerprint density at radius 1 is 1.30 bits per heavy atom. The number of rotatable bonds is 8. The smallest absolute Gasteiger partial charge is 0.272 e. The quantitative estimate of drug-likeness (QED) is 0.359. The first-order valence-electron chi connectivity index (χ1n) is 8.71. The minimum absolute atomic E-state index is 0.0881. The fraction of sp³-hybridized carbons (Fsp3) is 0.263. The standard InChI is InChI=1S/C19H20N4O4/c1-2-3-9-27-15-6-4-5-13(10-15)12-20-19(24)18-16-11-14(23(25)26)7-8-17(16)21-22-18/h4-8,10-11H,2-3,9,12H2,1H3,(H,20,24)(H,21,22). The molecule has 3 aromatic rings. The van der Waals surface area contributed by atoms with E-state index in [9.17, 15) is 14.9 Å². The number of nitro benzene ring substituents is 1. The normalized spacial score (nSPS) is 10.7. The molecule has 0 atom stereocenters. The molecule has 1 aromatic heterocycles. The Kier molecular flexibility index (Phi) is 5.65. The SMILES string of the molecule is CCCCOc1cccc(CNC(=O)c2n[nH]c3ccc([N+](=O)[O-])cc23)c1. The summed E-state index contributed by atoms with van der Waals surface area (Å²) in [6, 6.07) is 11.8. The summed E-state index contributed by atoms with van der Waals surface area (Å²) in [7, 11) is 0. The van der Waals surface area contributed by atoms with Gasteiger partial charge in [-0.05, 0) is 30.2 Å². The second-order valence-corrected chi connectivity index (χ2v) is 6.09. The van der Waals surface area contributed by atoms with Gasteiger partial charge in [0, 0.05) is 24.1 Å². The first-order valence-corrected chi connectivity index (χ1v) is 8.71. The molecule has 27 heavy (non-hydrogen) atoms. The Bertz CT molecular complexity index is 967. The number of amides is 1. The van der Waals surface area contributed by atoms with Crippen molar-refractivity contribution in [3.8, 4) is 5.75 Å². The second kappa shape index (κ2) is 8.31. The third-order valence-corrected chi connectivity index (χ3v) is 4.09. The number of carbonyl (C=O) groups excluding carboxylic acids is 1. The summed E-state index contributed by atoms with van der Waals surface area (Å²) in [5.41, 5.74) is 1.50. The fourth-order valence-electron chi connectivity index (χ4n) is 2.63. The van der Waals surface area contributed by atoms with Gasteiger partial charge < -0.3 is 10.1 Å². The molecule has 3 rings (SSSR count). The zero-order chi connectivity index (χ0) is 19.2. The number of unbranched alkanes of at least 4 members (excludes halogenated alkanes) is 1. The third-order valence-electron chi connectivity index (χ3n) is 4.09. The predicted octanol–water partition coefficient (Wildman–Crippen LogP) is 3.58. The average Bonchev–Trinajstić information content (AvgIpc) is 3.10. The van der Waals surface area contributed by atoms with Crippen LogP contribution in [0.15, 0.2) is 42.5 Å². The van der Waals surface area contributed by atoms with E-state index in [-0.39, 0.29) is 11.4 Å². The van der Waals surface area contributed by atoms with E-state index < -0.39 is 10.8 Å². The number of fused-ring (bicyclic) bond motifs is 1. The van der Waals surface area contributed by atoms with Crippen molar-refractivity contribution in [2.75, 3.05) is 6.61 Å². The molecule has 0 bridgehead atoms. The van der Waals surface area contributed by atoms with E-state index in [2.05, 4.69) is 22.4 Å². The van der Waals surface area contributed by atoms with Crippen molar-refractivity contribution in [3.05, 3.63) is 63.8 Å². The van der Waals surface area contributed by atoms with Gasteiger partial charge in [0.2, 0.25) is 0 Å². The number of nitrogens with zero attached hydrogens (tertiary/aromatic N) is 2. The molecule has 0 aliphatic heterocycles. The van der Waals surface area contributed by atoms with Crippen LogP contribution in [0.4, 0.5) is 5.69 Å². The number of non-ortho nitro benzene ring substituents is 1. The van der Waals surface area contributed by atoms with Crippen LogP contribution in [-0.2, 0) is 6.54 Å². The van der Waals surface area contributed by atoms with Crippen molar-refractivity contribution >= 4 is 22.5 Å². The highest BCUT2D eigenvalue weighted by atomic mass is 16.6. The van der Waals surface area contributed by atoms with Crippen molar-refractivity contribution in [2.24, 2.45) is 0 Å². The number of aromatic amines is 1. The summed E-state index contributed by atoms with van der Waals surface area (Å²) in [5.74, 6) is 0.357. The molecule has 8 nitrogen and oxygen atoms in total. The van der Waals surface area contributed by atoms with Crippen LogP contribution in [-0.4, -0.2) is 27.6 Å². The van der Waals surface area contributed by atoms with Crippen LogP contribution in [0.1, 0.15) is 35.8 Å². The van der Waals surface area contributed by atoms with Gasteiger partial charge in [0.15, 0.2) is 5.69 Å². The van der Waals surface area contributed by atoms with E-state index in [1.54, 1.807) is 0 Å². The zero-order valence-electron chi connectivity index (χ0n) is 14.9. The van der Waals surface area contributed by atoms with Gasteiger partial charge in [-0.1, -0.05) is 25.5 Å². The molecule has 140 valence electrons. The van der Waals surface area contributed by atoms with Crippen LogP contribution < -0.4 is 10.1 Å².